The van der Waals surface area contributed by atoms with Crippen molar-refractivity contribution in [2.24, 2.45) is 0 Å². The SMILES string of the molecule is C=CCOC(=O)c1cc(O)cc(C(=O)NNC(=O)c2cc(O)cc(C(=O)OCC=C)c2)c1. The van der Waals surface area contributed by atoms with Crippen LogP contribution in [0.4, 0.5) is 0 Å². The van der Waals surface area contributed by atoms with E-state index in [-0.39, 0.29) is 47.0 Å². The first-order chi connectivity index (χ1) is 15.2. The number of benzene rings is 2. The predicted molar refractivity (Wildman–Crippen MR) is 112 cm³/mol. The van der Waals surface area contributed by atoms with Crippen molar-refractivity contribution < 1.29 is 38.9 Å². The Bertz CT molecular complexity index is 992. The number of esters is 2. The minimum absolute atomic E-state index is 0.0564. The first kappa shape index (κ1) is 23.7. The van der Waals surface area contributed by atoms with Gasteiger partial charge in [0.1, 0.15) is 24.7 Å². The molecule has 2 amide bonds. The van der Waals surface area contributed by atoms with Crippen LogP contribution in [-0.4, -0.2) is 47.2 Å². The number of ether oxygens (including phenoxy) is 2. The van der Waals surface area contributed by atoms with Crippen molar-refractivity contribution in [1.82, 2.24) is 10.9 Å². The number of hydrogen-bond acceptors (Lipinski definition) is 8. The van der Waals surface area contributed by atoms with Crippen molar-refractivity contribution in [3.05, 3.63) is 84.0 Å². The van der Waals surface area contributed by atoms with Gasteiger partial charge in [-0.2, -0.15) is 0 Å². The summed E-state index contributed by atoms with van der Waals surface area (Å²) in [5.74, 6) is -4.00. The first-order valence-corrected chi connectivity index (χ1v) is 9.10. The van der Waals surface area contributed by atoms with Gasteiger partial charge in [0.2, 0.25) is 0 Å². The maximum Gasteiger partial charge on any atom is 0.338 e. The van der Waals surface area contributed by atoms with Crippen molar-refractivity contribution >= 4 is 23.8 Å². The fraction of sp³-hybridized carbons (Fsp3) is 0.0909. The molecular weight excluding hydrogens is 420 g/mol. The summed E-state index contributed by atoms with van der Waals surface area (Å²) in [5.41, 5.74) is 3.77. The minimum Gasteiger partial charge on any atom is -0.508 e. The third-order valence-corrected chi connectivity index (χ3v) is 3.79. The highest BCUT2D eigenvalue weighted by atomic mass is 16.5. The second-order valence-electron chi connectivity index (χ2n) is 6.22. The Kier molecular flexibility index (Phi) is 8.12. The summed E-state index contributed by atoms with van der Waals surface area (Å²) in [5, 5.41) is 19.5. The maximum atomic E-state index is 12.3. The van der Waals surface area contributed by atoms with Crippen LogP contribution in [-0.2, 0) is 9.47 Å². The molecule has 2 rings (SSSR count). The van der Waals surface area contributed by atoms with Crippen LogP contribution < -0.4 is 10.9 Å². The summed E-state index contributed by atoms with van der Waals surface area (Å²) >= 11 is 0. The number of hydrogen-bond donors (Lipinski definition) is 4. The minimum atomic E-state index is -0.849. The monoisotopic (exact) mass is 440 g/mol. The van der Waals surface area contributed by atoms with Gasteiger partial charge in [0.05, 0.1) is 11.1 Å². The Balaban J connectivity index is 2.11. The summed E-state index contributed by atoms with van der Waals surface area (Å²) in [7, 11) is 0. The van der Waals surface area contributed by atoms with E-state index < -0.39 is 23.8 Å². The van der Waals surface area contributed by atoms with E-state index in [1.54, 1.807) is 0 Å². The zero-order chi connectivity index (χ0) is 23.7. The maximum absolute atomic E-state index is 12.3. The van der Waals surface area contributed by atoms with Gasteiger partial charge in [0, 0.05) is 11.1 Å². The Labute approximate surface area is 182 Å². The lowest BCUT2D eigenvalue weighted by Crippen LogP contribution is -2.41. The molecule has 0 radical (unpaired) electrons. The Morgan fingerprint density at radius 2 is 1.03 bits per heavy atom. The van der Waals surface area contributed by atoms with Crippen LogP contribution in [0.1, 0.15) is 41.4 Å². The standard InChI is InChI=1S/C22H20N2O8/c1-3-5-31-21(29)15-7-13(9-17(25)11-15)19(27)23-24-20(28)14-8-16(12-18(26)10-14)22(30)32-6-4-2/h3-4,7-12,25-26H,1-2,5-6H2,(H,23,27)(H,24,28). The third kappa shape index (κ3) is 6.46. The summed E-state index contributed by atoms with van der Waals surface area (Å²) in [6.07, 6.45) is 2.71. The molecule has 0 aliphatic carbocycles. The molecule has 0 saturated heterocycles. The van der Waals surface area contributed by atoms with E-state index >= 15 is 0 Å². The van der Waals surface area contributed by atoms with Crippen molar-refractivity contribution in [3.63, 3.8) is 0 Å². The average Bonchev–Trinajstić information content (AvgIpc) is 2.78. The predicted octanol–water partition coefficient (Wildman–Crippen LogP) is 1.86. The third-order valence-electron chi connectivity index (χ3n) is 3.79. The van der Waals surface area contributed by atoms with Crippen LogP contribution in [0.25, 0.3) is 0 Å². The lowest BCUT2D eigenvalue weighted by atomic mass is 10.1. The van der Waals surface area contributed by atoms with Crippen molar-refractivity contribution in [2.45, 2.75) is 0 Å². The van der Waals surface area contributed by atoms with E-state index in [2.05, 4.69) is 24.0 Å². The van der Waals surface area contributed by atoms with Crippen LogP contribution in [0.3, 0.4) is 0 Å². The molecular formula is C22H20N2O8. The van der Waals surface area contributed by atoms with Gasteiger partial charge in [-0.1, -0.05) is 25.3 Å². The van der Waals surface area contributed by atoms with Gasteiger partial charge in [-0.3, -0.25) is 20.4 Å². The van der Waals surface area contributed by atoms with Crippen molar-refractivity contribution in [1.29, 1.82) is 0 Å². The van der Waals surface area contributed by atoms with Crippen molar-refractivity contribution in [3.8, 4) is 11.5 Å². The number of phenolic OH excluding ortho intramolecular Hbond substituents is 2. The molecule has 10 nitrogen and oxygen atoms in total. The largest absolute Gasteiger partial charge is 0.508 e. The number of nitrogens with one attached hydrogen (secondary N) is 2. The average molecular weight is 440 g/mol. The quantitative estimate of drug-likeness (QED) is 0.276. The van der Waals surface area contributed by atoms with Gasteiger partial charge < -0.3 is 19.7 Å². The number of carbonyl (C=O) groups excluding carboxylic acids is 4. The fourth-order valence-electron chi connectivity index (χ4n) is 2.41. The molecule has 0 atom stereocenters. The van der Waals surface area contributed by atoms with E-state index in [0.29, 0.717) is 0 Å². The second kappa shape index (κ2) is 11.0. The second-order valence-corrected chi connectivity index (χ2v) is 6.22. The van der Waals surface area contributed by atoms with Crippen LogP contribution >= 0.6 is 0 Å². The van der Waals surface area contributed by atoms with E-state index in [1.165, 1.54) is 12.2 Å². The fourth-order valence-corrected chi connectivity index (χ4v) is 2.41. The molecule has 0 unspecified atom stereocenters. The number of carbonyl (C=O) groups is 4. The van der Waals surface area contributed by atoms with Crippen LogP contribution in [0, 0.1) is 0 Å². The molecule has 0 heterocycles. The van der Waals surface area contributed by atoms with E-state index in [0.717, 1.165) is 36.4 Å². The van der Waals surface area contributed by atoms with Gasteiger partial charge in [-0.25, -0.2) is 9.59 Å². The summed E-state index contributed by atoms with van der Waals surface area (Å²) in [6.45, 7) is 6.71. The molecule has 0 bridgehead atoms. The zero-order valence-corrected chi connectivity index (χ0v) is 16.8. The first-order valence-electron chi connectivity index (χ1n) is 9.10. The van der Waals surface area contributed by atoms with Gasteiger partial charge in [0.25, 0.3) is 11.8 Å². The highest BCUT2D eigenvalue weighted by molar-refractivity contribution is 6.02. The molecule has 2 aromatic rings. The molecule has 0 spiro atoms. The topological polar surface area (TPSA) is 151 Å². The van der Waals surface area contributed by atoms with E-state index in [9.17, 15) is 29.4 Å². The molecule has 0 aliphatic heterocycles. The Hall–Kier alpha value is -4.60. The summed E-state index contributed by atoms with van der Waals surface area (Å²) in [6, 6.07) is 6.70. The molecule has 0 aliphatic rings. The van der Waals surface area contributed by atoms with E-state index in [1.807, 2.05) is 0 Å². The number of aromatic hydroxyl groups is 2. The van der Waals surface area contributed by atoms with Crippen LogP contribution in [0.2, 0.25) is 0 Å². The Morgan fingerprint density at radius 1 is 0.688 bits per heavy atom. The summed E-state index contributed by atoms with van der Waals surface area (Å²) in [4.78, 5) is 48.5. The zero-order valence-electron chi connectivity index (χ0n) is 16.8. The van der Waals surface area contributed by atoms with Gasteiger partial charge in [-0.05, 0) is 36.4 Å². The normalized spacial score (nSPS) is 9.88. The lowest BCUT2D eigenvalue weighted by Gasteiger charge is -2.10. The van der Waals surface area contributed by atoms with Crippen LogP contribution in [0.5, 0.6) is 11.5 Å². The number of rotatable bonds is 8. The van der Waals surface area contributed by atoms with Crippen LogP contribution in [0.15, 0.2) is 61.7 Å². The van der Waals surface area contributed by atoms with E-state index in [4.69, 9.17) is 9.47 Å². The number of phenols is 2. The number of hydrazine groups is 1. The van der Waals surface area contributed by atoms with Gasteiger partial charge in [-0.15, -0.1) is 0 Å². The molecule has 4 N–H and O–H groups in total. The highest BCUT2D eigenvalue weighted by Gasteiger charge is 2.17. The smallest absolute Gasteiger partial charge is 0.338 e. The molecule has 2 aromatic carbocycles. The molecule has 32 heavy (non-hydrogen) atoms. The molecule has 166 valence electrons. The van der Waals surface area contributed by atoms with Gasteiger partial charge >= 0.3 is 11.9 Å². The molecule has 0 fully saturated rings. The molecule has 10 heteroatoms. The summed E-state index contributed by atoms with van der Waals surface area (Å²) < 4.78 is 9.71. The number of amides is 2. The highest BCUT2D eigenvalue weighted by Crippen LogP contribution is 2.18. The molecule has 0 aromatic heterocycles. The van der Waals surface area contributed by atoms with Gasteiger partial charge in [0.15, 0.2) is 0 Å². The lowest BCUT2D eigenvalue weighted by molar-refractivity contribution is 0.0540. The van der Waals surface area contributed by atoms with Crippen molar-refractivity contribution in [2.75, 3.05) is 13.2 Å². The molecule has 0 saturated carbocycles. The Morgan fingerprint density at radius 3 is 1.38 bits per heavy atom.